The van der Waals surface area contributed by atoms with Gasteiger partial charge in [-0.3, -0.25) is 14.0 Å². The van der Waals surface area contributed by atoms with Crippen LogP contribution in [0.2, 0.25) is 0 Å². The third-order valence-corrected chi connectivity index (χ3v) is 3.84. The molecule has 0 atom stereocenters. The fourth-order valence-corrected chi connectivity index (χ4v) is 2.52. The van der Waals surface area contributed by atoms with Crippen molar-refractivity contribution in [3.63, 3.8) is 0 Å². The molecule has 0 aliphatic carbocycles. The summed E-state index contributed by atoms with van der Waals surface area (Å²) < 4.78 is 6.61. The first kappa shape index (κ1) is 18.9. The summed E-state index contributed by atoms with van der Waals surface area (Å²) >= 11 is 0. The van der Waals surface area contributed by atoms with Crippen molar-refractivity contribution in [2.45, 2.75) is 32.6 Å². The van der Waals surface area contributed by atoms with Crippen LogP contribution in [0.5, 0.6) is 0 Å². The first-order chi connectivity index (χ1) is 12.2. The van der Waals surface area contributed by atoms with Gasteiger partial charge < -0.3 is 15.4 Å². The average Bonchev–Trinajstić information content (AvgIpc) is 3.02. The molecule has 2 aromatic heterocycles. The van der Waals surface area contributed by atoms with Gasteiger partial charge in [0.1, 0.15) is 0 Å². The van der Waals surface area contributed by atoms with Crippen molar-refractivity contribution in [2.75, 3.05) is 26.8 Å². The van der Waals surface area contributed by atoms with Gasteiger partial charge in [-0.05, 0) is 25.0 Å². The largest absolute Gasteiger partial charge is 0.385 e. The number of carbonyl (C=O) groups excluding carboxylic acids is 2. The van der Waals surface area contributed by atoms with Crippen LogP contribution in [0.3, 0.4) is 0 Å². The van der Waals surface area contributed by atoms with Crippen molar-refractivity contribution < 1.29 is 14.3 Å². The molecule has 2 N–H and O–H groups in total. The molecule has 0 aliphatic heterocycles. The number of amides is 2. The molecule has 2 aromatic rings. The highest BCUT2D eigenvalue weighted by atomic mass is 16.5. The molecule has 0 unspecified atom stereocenters. The number of rotatable bonds is 10. The molecular formula is C18H26N4O3. The molecule has 136 valence electrons. The molecule has 0 bridgehead atoms. The predicted molar refractivity (Wildman–Crippen MR) is 95.9 cm³/mol. The molecular weight excluding hydrogens is 320 g/mol. The molecule has 0 fully saturated rings. The van der Waals surface area contributed by atoms with Gasteiger partial charge in [-0.1, -0.05) is 25.8 Å². The van der Waals surface area contributed by atoms with Crippen molar-refractivity contribution in [3.8, 4) is 0 Å². The number of hydrogen-bond donors (Lipinski definition) is 2. The van der Waals surface area contributed by atoms with E-state index in [1.165, 1.54) is 0 Å². The summed E-state index contributed by atoms with van der Waals surface area (Å²) in [5.74, 6) is -0.340. The Morgan fingerprint density at radius 3 is 2.64 bits per heavy atom. The number of hydrogen-bond acceptors (Lipinski definition) is 4. The highest BCUT2D eigenvalue weighted by Gasteiger charge is 2.20. The number of fused-ring (bicyclic) bond motifs is 1. The normalized spacial score (nSPS) is 10.8. The Morgan fingerprint density at radius 2 is 1.88 bits per heavy atom. The molecule has 7 nitrogen and oxygen atoms in total. The fourth-order valence-electron chi connectivity index (χ4n) is 2.52. The van der Waals surface area contributed by atoms with Crippen LogP contribution in [-0.4, -0.2) is 48.0 Å². The van der Waals surface area contributed by atoms with Crippen molar-refractivity contribution in [3.05, 3.63) is 35.9 Å². The molecule has 0 saturated carbocycles. The minimum atomic E-state index is -0.303. The van der Waals surface area contributed by atoms with Crippen LogP contribution in [0.25, 0.3) is 5.52 Å². The second-order valence-corrected chi connectivity index (χ2v) is 5.81. The van der Waals surface area contributed by atoms with Crippen LogP contribution in [0.1, 0.15) is 53.7 Å². The van der Waals surface area contributed by atoms with Crippen LogP contribution in [0.4, 0.5) is 0 Å². The zero-order valence-electron chi connectivity index (χ0n) is 14.9. The van der Waals surface area contributed by atoms with Gasteiger partial charge in [-0.15, -0.1) is 0 Å². The van der Waals surface area contributed by atoms with Crippen LogP contribution in [-0.2, 0) is 4.74 Å². The van der Waals surface area contributed by atoms with Gasteiger partial charge in [0.25, 0.3) is 11.8 Å². The standard InChI is InChI=1S/C18H26N4O3/c1-3-4-6-10-19-17(23)15-14-9-5-7-12-22(14)16(21-15)18(24)20-11-8-13-25-2/h5,7,9,12H,3-4,6,8,10-11,13H2,1-2H3,(H,19,23)(H,20,24). The lowest BCUT2D eigenvalue weighted by atomic mass is 10.2. The topological polar surface area (TPSA) is 84.7 Å². The van der Waals surface area contributed by atoms with E-state index in [0.29, 0.717) is 25.2 Å². The Labute approximate surface area is 147 Å². The molecule has 25 heavy (non-hydrogen) atoms. The van der Waals surface area contributed by atoms with Gasteiger partial charge >= 0.3 is 0 Å². The van der Waals surface area contributed by atoms with E-state index >= 15 is 0 Å². The number of nitrogens with zero attached hydrogens (tertiary/aromatic N) is 2. The fraction of sp³-hybridized carbons (Fsp3) is 0.500. The van der Waals surface area contributed by atoms with E-state index in [1.807, 2.05) is 6.07 Å². The van der Waals surface area contributed by atoms with E-state index in [1.54, 1.807) is 29.8 Å². The third-order valence-electron chi connectivity index (χ3n) is 3.84. The van der Waals surface area contributed by atoms with E-state index in [4.69, 9.17) is 4.74 Å². The van der Waals surface area contributed by atoms with Crippen LogP contribution in [0.15, 0.2) is 24.4 Å². The number of carbonyl (C=O) groups is 2. The minimum absolute atomic E-state index is 0.215. The quantitative estimate of drug-likeness (QED) is 0.645. The number of pyridine rings is 1. The number of imidazole rings is 1. The number of methoxy groups -OCH3 is 1. The van der Waals surface area contributed by atoms with Gasteiger partial charge in [0.2, 0.25) is 5.82 Å². The molecule has 2 rings (SSSR count). The average molecular weight is 346 g/mol. The number of ether oxygens (including phenoxy) is 1. The van der Waals surface area contributed by atoms with Crippen LogP contribution >= 0.6 is 0 Å². The summed E-state index contributed by atoms with van der Waals surface area (Å²) in [5.41, 5.74) is 0.900. The third kappa shape index (κ3) is 5.03. The van der Waals surface area contributed by atoms with E-state index in [2.05, 4.69) is 22.5 Å². The first-order valence-electron chi connectivity index (χ1n) is 8.71. The second kappa shape index (κ2) is 9.78. The summed E-state index contributed by atoms with van der Waals surface area (Å²) in [6.45, 7) is 3.79. The summed E-state index contributed by atoms with van der Waals surface area (Å²) in [4.78, 5) is 29.1. The lowest BCUT2D eigenvalue weighted by molar-refractivity contribution is 0.0937. The van der Waals surface area contributed by atoms with Crippen molar-refractivity contribution in [2.24, 2.45) is 0 Å². The Balaban J connectivity index is 2.13. The lowest BCUT2D eigenvalue weighted by Gasteiger charge is -2.03. The monoisotopic (exact) mass is 346 g/mol. The zero-order chi connectivity index (χ0) is 18.1. The number of aromatic nitrogens is 2. The molecule has 0 radical (unpaired) electrons. The molecule has 0 spiro atoms. The van der Waals surface area contributed by atoms with Gasteiger partial charge in [-0.25, -0.2) is 4.98 Å². The van der Waals surface area contributed by atoms with Crippen molar-refractivity contribution in [1.29, 1.82) is 0 Å². The Bertz CT molecular complexity index is 653. The summed E-state index contributed by atoms with van der Waals surface area (Å²) in [6.07, 6.45) is 5.55. The van der Waals surface area contributed by atoms with E-state index < -0.39 is 0 Å². The SMILES string of the molecule is CCCCCNC(=O)c1nc(C(=O)NCCCOC)n2ccccc12. The summed E-state index contributed by atoms with van der Waals surface area (Å²) in [7, 11) is 1.62. The van der Waals surface area contributed by atoms with Crippen LogP contribution < -0.4 is 10.6 Å². The van der Waals surface area contributed by atoms with E-state index in [9.17, 15) is 9.59 Å². The lowest BCUT2D eigenvalue weighted by Crippen LogP contribution is -2.27. The van der Waals surface area contributed by atoms with Gasteiger partial charge in [0.05, 0.1) is 5.52 Å². The van der Waals surface area contributed by atoms with E-state index in [0.717, 1.165) is 25.7 Å². The first-order valence-corrected chi connectivity index (χ1v) is 8.71. The van der Waals surface area contributed by atoms with Gasteiger partial charge in [0, 0.05) is 33.0 Å². The molecule has 0 saturated heterocycles. The maximum absolute atomic E-state index is 12.4. The van der Waals surface area contributed by atoms with Crippen molar-refractivity contribution in [1.82, 2.24) is 20.0 Å². The Kier molecular flexibility index (Phi) is 7.40. The molecule has 7 heteroatoms. The number of nitrogens with one attached hydrogen (secondary N) is 2. The molecule has 0 aliphatic rings. The predicted octanol–water partition coefficient (Wildman–Crippen LogP) is 2.02. The zero-order valence-corrected chi connectivity index (χ0v) is 14.9. The smallest absolute Gasteiger partial charge is 0.287 e. The summed E-state index contributed by atoms with van der Waals surface area (Å²) in [6, 6.07) is 5.42. The maximum atomic E-state index is 12.4. The highest BCUT2D eigenvalue weighted by molar-refractivity contribution is 6.02. The molecule has 2 amide bonds. The van der Waals surface area contributed by atoms with Crippen molar-refractivity contribution >= 4 is 17.3 Å². The Hall–Kier alpha value is -2.41. The summed E-state index contributed by atoms with van der Waals surface area (Å²) in [5, 5.41) is 5.68. The second-order valence-electron chi connectivity index (χ2n) is 5.81. The van der Waals surface area contributed by atoms with Gasteiger partial charge in [0.15, 0.2) is 5.69 Å². The van der Waals surface area contributed by atoms with Crippen LogP contribution in [0, 0.1) is 0 Å². The van der Waals surface area contributed by atoms with E-state index in [-0.39, 0.29) is 23.3 Å². The minimum Gasteiger partial charge on any atom is -0.385 e. The molecule has 2 heterocycles. The Morgan fingerprint density at radius 1 is 1.12 bits per heavy atom. The highest BCUT2D eigenvalue weighted by Crippen LogP contribution is 2.13. The van der Waals surface area contributed by atoms with Gasteiger partial charge in [-0.2, -0.15) is 0 Å². The molecule has 0 aromatic carbocycles. The number of unbranched alkanes of at least 4 members (excludes halogenated alkanes) is 2. The maximum Gasteiger partial charge on any atom is 0.287 e.